The van der Waals surface area contributed by atoms with Crippen LogP contribution in [-0.2, 0) is 9.05 Å². The topological polar surface area (TPSA) is 63.2 Å². The van der Waals surface area contributed by atoms with E-state index in [0.29, 0.717) is 5.92 Å². The van der Waals surface area contributed by atoms with Crippen LogP contribution in [0.2, 0.25) is 0 Å². The summed E-state index contributed by atoms with van der Waals surface area (Å²) in [5.41, 5.74) is 0.0881. The van der Waals surface area contributed by atoms with Crippen LogP contribution in [0.25, 0.3) is 0 Å². The fourth-order valence-electron chi connectivity index (χ4n) is 2.44. The Hall–Kier alpha value is -1.14. The van der Waals surface area contributed by atoms with Gasteiger partial charge in [0.05, 0.1) is 0 Å². The summed E-state index contributed by atoms with van der Waals surface area (Å²) in [5.74, 6) is -0.816. The van der Waals surface area contributed by atoms with Gasteiger partial charge in [-0.05, 0) is 43.4 Å². The minimum atomic E-state index is -4.21. The second kappa shape index (κ2) is 5.69. The Labute approximate surface area is 121 Å². The highest BCUT2D eigenvalue weighted by atomic mass is 35.7. The normalized spacial score (nSPS) is 22.8. The van der Waals surface area contributed by atoms with Crippen LogP contribution in [0, 0.1) is 11.7 Å². The van der Waals surface area contributed by atoms with Crippen molar-refractivity contribution in [1.82, 2.24) is 5.32 Å². The number of hydrogen-bond donors (Lipinski definition) is 1. The molecule has 1 aromatic carbocycles. The van der Waals surface area contributed by atoms with Gasteiger partial charge < -0.3 is 5.32 Å². The molecule has 0 aromatic heterocycles. The third-order valence-corrected chi connectivity index (χ3v) is 4.82. The SMILES string of the molecule is CC1CCC(NC(=O)c2ccc(F)c(S(=O)(=O)Cl)c2)C1. The lowest BCUT2D eigenvalue weighted by Crippen LogP contribution is -2.33. The molecule has 1 aliphatic carbocycles. The lowest BCUT2D eigenvalue weighted by molar-refractivity contribution is 0.0937. The van der Waals surface area contributed by atoms with Crippen LogP contribution in [0.5, 0.6) is 0 Å². The van der Waals surface area contributed by atoms with Crippen molar-refractivity contribution < 1.29 is 17.6 Å². The molecule has 7 heteroatoms. The monoisotopic (exact) mass is 319 g/mol. The first-order chi connectivity index (χ1) is 9.27. The number of carbonyl (C=O) groups excluding carboxylic acids is 1. The fraction of sp³-hybridized carbons (Fsp3) is 0.462. The molecule has 1 aliphatic rings. The molecular weight excluding hydrogens is 305 g/mol. The van der Waals surface area contributed by atoms with Crippen molar-refractivity contribution in [3.05, 3.63) is 29.6 Å². The van der Waals surface area contributed by atoms with Crippen molar-refractivity contribution in [2.75, 3.05) is 0 Å². The fourth-order valence-corrected chi connectivity index (χ4v) is 3.36. The second-order valence-electron chi connectivity index (χ2n) is 5.17. The number of hydrogen-bond acceptors (Lipinski definition) is 3. The summed E-state index contributed by atoms with van der Waals surface area (Å²) in [5, 5.41) is 2.82. The van der Waals surface area contributed by atoms with E-state index in [-0.39, 0.29) is 11.6 Å². The number of nitrogens with one attached hydrogen (secondary N) is 1. The van der Waals surface area contributed by atoms with Crippen LogP contribution in [0.3, 0.4) is 0 Å². The van der Waals surface area contributed by atoms with E-state index >= 15 is 0 Å². The summed E-state index contributed by atoms with van der Waals surface area (Å²) in [4.78, 5) is 11.4. The molecule has 1 aromatic rings. The van der Waals surface area contributed by atoms with Crippen molar-refractivity contribution in [2.45, 2.75) is 37.1 Å². The van der Waals surface area contributed by atoms with Crippen molar-refractivity contribution in [3.8, 4) is 0 Å². The van der Waals surface area contributed by atoms with Gasteiger partial charge in [-0.2, -0.15) is 0 Å². The zero-order valence-electron chi connectivity index (χ0n) is 10.9. The van der Waals surface area contributed by atoms with E-state index in [0.717, 1.165) is 31.4 Å². The van der Waals surface area contributed by atoms with Crippen LogP contribution in [-0.4, -0.2) is 20.4 Å². The lowest BCUT2D eigenvalue weighted by Gasteiger charge is -2.13. The summed E-state index contributed by atoms with van der Waals surface area (Å²) < 4.78 is 35.8. The largest absolute Gasteiger partial charge is 0.349 e. The van der Waals surface area contributed by atoms with Crippen LogP contribution in [0.15, 0.2) is 23.1 Å². The van der Waals surface area contributed by atoms with Crippen LogP contribution in [0.1, 0.15) is 36.5 Å². The average Bonchev–Trinajstić information content (AvgIpc) is 2.73. The Bertz CT molecular complexity index is 633. The summed E-state index contributed by atoms with van der Waals surface area (Å²) in [6.07, 6.45) is 2.85. The molecule has 20 heavy (non-hydrogen) atoms. The average molecular weight is 320 g/mol. The van der Waals surface area contributed by atoms with Crippen molar-refractivity contribution >= 4 is 25.6 Å². The Morgan fingerprint density at radius 3 is 2.65 bits per heavy atom. The number of carbonyl (C=O) groups is 1. The Morgan fingerprint density at radius 1 is 1.40 bits per heavy atom. The maximum Gasteiger partial charge on any atom is 0.264 e. The van der Waals surface area contributed by atoms with Crippen LogP contribution >= 0.6 is 10.7 Å². The molecule has 1 saturated carbocycles. The van der Waals surface area contributed by atoms with Crippen molar-refractivity contribution in [1.29, 1.82) is 0 Å². The molecule has 1 amide bonds. The molecule has 0 spiro atoms. The third kappa shape index (κ3) is 3.49. The smallest absolute Gasteiger partial charge is 0.264 e. The number of benzene rings is 1. The number of amides is 1. The van der Waals surface area contributed by atoms with Gasteiger partial charge in [0.2, 0.25) is 0 Å². The van der Waals surface area contributed by atoms with Gasteiger partial charge in [-0.15, -0.1) is 0 Å². The summed E-state index contributed by atoms with van der Waals surface area (Å²) in [7, 11) is 0.922. The van der Waals surface area contributed by atoms with E-state index in [2.05, 4.69) is 12.2 Å². The van der Waals surface area contributed by atoms with Gasteiger partial charge >= 0.3 is 0 Å². The van der Waals surface area contributed by atoms with E-state index in [1.165, 1.54) is 6.07 Å². The van der Waals surface area contributed by atoms with Gasteiger partial charge in [-0.1, -0.05) is 6.92 Å². The Morgan fingerprint density at radius 2 is 2.10 bits per heavy atom. The first-order valence-corrected chi connectivity index (χ1v) is 8.63. The van der Waals surface area contributed by atoms with Gasteiger partial charge in [0, 0.05) is 22.3 Å². The molecule has 1 fully saturated rings. The lowest BCUT2D eigenvalue weighted by atomic mass is 10.1. The Kier molecular flexibility index (Phi) is 4.34. The van der Waals surface area contributed by atoms with Gasteiger partial charge in [-0.3, -0.25) is 4.79 Å². The maximum atomic E-state index is 13.4. The van der Waals surface area contributed by atoms with E-state index in [1.54, 1.807) is 0 Å². The first-order valence-electron chi connectivity index (χ1n) is 6.32. The van der Waals surface area contributed by atoms with E-state index < -0.39 is 25.7 Å². The van der Waals surface area contributed by atoms with E-state index in [4.69, 9.17) is 10.7 Å². The van der Waals surface area contributed by atoms with E-state index in [9.17, 15) is 17.6 Å². The summed E-state index contributed by atoms with van der Waals surface area (Å²) in [6, 6.07) is 3.22. The van der Waals surface area contributed by atoms with Crippen molar-refractivity contribution in [3.63, 3.8) is 0 Å². The molecule has 2 atom stereocenters. The second-order valence-corrected chi connectivity index (χ2v) is 7.71. The molecule has 2 unspecified atom stereocenters. The zero-order chi connectivity index (χ0) is 14.9. The maximum absolute atomic E-state index is 13.4. The molecule has 0 bridgehead atoms. The third-order valence-electron chi connectivity index (χ3n) is 3.49. The number of halogens is 2. The molecule has 0 radical (unpaired) electrons. The Balaban J connectivity index is 2.19. The highest BCUT2D eigenvalue weighted by Crippen LogP contribution is 2.25. The molecule has 2 rings (SSSR count). The molecule has 4 nitrogen and oxygen atoms in total. The molecule has 1 N–H and O–H groups in total. The highest BCUT2D eigenvalue weighted by Gasteiger charge is 2.24. The van der Waals surface area contributed by atoms with E-state index in [1.807, 2.05) is 0 Å². The van der Waals surface area contributed by atoms with Gasteiger partial charge in [0.15, 0.2) is 0 Å². The predicted octanol–water partition coefficient (Wildman–Crippen LogP) is 2.67. The molecule has 0 heterocycles. The van der Waals surface area contributed by atoms with Crippen molar-refractivity contribution in [2.24, 2.45) is 5.92 Å². The minimum absolute atomic E-state index is 0.0820. The van der Waals surface area contributed by atoms with Crippen LogP contribution < -0.4 is 5.32 Å². The number of rotatable bonds is 3. The van der Waals surface area contributed by atoms with Gasteiger partial charge in [0.25, 0.3) is 15.0 Å². The van der Waals surface area contributed by atoms with Gasteiger partial charge in [0.1, 0.15) is 10.7 Å². The summed E-state index contributed by atoms with van der Waals surface area (Å²) >= 11 is 0. The molecule has 110 valence electrons. The molecular formula is C13H15ClFNO3S. The summed E-state index contributed by atoms with van der Waals surface area (Å²) in [6.45, 7) is 2.11. The quantitative estimate of drug-likeness (QED) is 0.871. The molecule has 0 saturated heterocycles. The van der Waals surface area contributed by atoms with Gasteiger partial charge in [-0.25, -0.2) is 12.8 Å². The zero-order valence-corrected chi connectivity index (χ0v) is 12.5. The predicted molar refractivity (Wildman–Crippen MR) is 73.7 cm³/mol. The molecule has 0 aliphatic heterocycles. The van der Waals surface area contributed by atoms with Crippen LogP contribution in [0.4, 0.5) is 4.39 Å². The standard InChI is InChI=1S/C13H15ClFNO3S/c1-8-2-4-10(6-8)16-13(17)9-3-5-11(15)12(7-9)20(14,18)19/h3,5,7-8,10H,2,4,6H2,1H3,(H,16,17). The highest BCUT2D eigenvalue weighted by molar-refractivity contribution is 8.13. The first kappa shape index (κ1) is 15.3. The minimum Gasteiger partial charge on any atom is -0.349 e.